The summed E-state index contributed by atoms with van der Waals surface area (Å²) in [7, 11) is 0. The van der Waals surface area contributed by atoms with E-state index in [1.54, 1.807) is 24.3 Å². The molecular formula is C14H16N4O4S. The van der Waals surface area contributed by atoms with Crippen molar-refractivity contribution < 1.29 is 14.7 Å². The molecule has 0 aliphatic heterocycles. The number of fused-ring (bicyclic) bond motifs is 1. The summed E-state index contributed by atoms with van der Waals surface area (Å²) in [6.45, 7) is -0.375. The third-order valence-corrected chi connectivity index (χ3v) is 3.81. The molecule has 0 aliphatic rings. The SMILES string of the molecule is CSCC[C@@H](NC(=O)Cn1nnc2ccccc2c1=O)C(=O)O. The molecule has 0 fully saturated rings. The summed E-state index contributed by atoms with van der Waals surface area (Å²) >= 11 is 1.49. The van der Waals surface area contributed by atoms with Crippen molar-refractivity contribution in [2.75, 3.05) is 12.0 Å². The molecule has 2 N–H and O–H groups in total. The van der Waals surface area contributed by atoms with E-state index in [1.165, 1.54) is 11.8 Å². The standard InChI is InChI=1S/C14H16N4O4S/c1-23-7-6-11(14(21)22)15-12(19)8-18-13(20)9-4-2-3-5-10(9)16-17-18/h2-5,11H,6-8H2,1H3,(H,15,19)(H,21,22)/t11-/m1/s1. The van der Waals surface area contributed by atoms with Crippen LogP contribution in [0.1, 0.15) is 6.42 Å². The van der Waals surface area contributed by atoms with Gasteiger partial charge in [-0.25, -0.2) is 9.48 Å². The van der Waals surface area contributed by atoms with Gasteiger partial charge in [0.2, 0.25) is 5.91 Å². The molecule has 1 amide bonds. The lowest BCUT2D eigenvalue weighted by Gasteiger charge is -2.14. The molecule has 0 bridgehead atoms. The number of aliphatic carboxylic acids is 1. The van der Waals surface area contributed by atoms with E-state index in [2.05, 4.69) is 15.6 Å². The van der Waals surface area contributed by atoms with Crippen LogP contribution in [0.3, 0.4) is 0 Å². The third-order valence-electron chi connectivity index (χ3n) is 3.17. The van der Waals surface area contributed by atoms with Crippen LogP contribution in [0.4, 0.5) is 0 Å². The molecule has 122 valence electrons. The minimum absolute atomic E-state index is 0.306. The lowest BCUT2D eigenvalue weighted by Crippen LogP contribution is -2.44. The first-order valence-corrected chi connectivity index (χ1v) is 8.26. The number of rotatable bonds is 7. The molecule has 0 aliphatic carbocycles. The van der Waals surface area contributed by atoms with Crippen LogP contribution in [0, 0.1) is 0 Å². The molecule has 23 heavy (non-hydrogen) atoms. The van der Waals surface area contributed by atoms with Crippen LogP contribution in [0.2, 0.25) is 0 Å². The molecule has 8 nitrogen and oxygen atoms in total. The van der Waals surface area contributed by atoms with Gasteiger partial charge in [0.1, 0.15) is 18.1 Å². The highest BCUT2D eigenvalue weighted by atomic mass is 32.2. The van der Waals surface area contributed by atoms with Gasteiger partial charge in [-0.3, -0.25) is 9.59 Å². The Morgan fingerprint density at radius 3 is 2.83 bits per heavy atom. The van der Waals surface area contributed by atoms with Crippen LogP contribution in [0.15, 0.2) is 29.1 Å². The highest BCUT2D eigenvalue weighted by Gasteiger charge is 2.20. The van der Waals surface area contributed by atoms with Crippen molar-refractivity contribution in [2.24, 2.45) is 0 Å². The fourth-order valence-electron chi connectivity index (χ4n) is 2.00. The van der Waals surface area contributed by atoms with Crippen molar-refractivity contribution in [3.8, 4) is 0 Å². The number of carboxylic acids is 1. The molecule has 1 atom stereocenters. The largest absolute Gasteiger partial charge is 0.480 e. The van der Waals surface area contributed by atoms with Gasteiger partial charge in [0.15, 0.2) is 0 Å². The fourth-order valence-corrected chi connectivity index (χ4v) is 2.47. The summed E-state index contributed by atoms with van der Waals surface area (Å²) in [6, 6.07) is 5.69. The van der Waals surface area contributed by atoms with E-state index in [4.69, 9.17) is 5.11 Å². The van der Waals surface area contributed by atoms with Crippen molar-refractivity contribution in [2.45, 2.75) is 19.0 Å². The summed E-state index contributed by atoms with van der Waals surface area (Å²) in [5, 5.41) is 19.4. The molecule has 0 radical (unpaired) electrons. The van der Waals surface area contributed by atoms with Crippen LogP contribution in [0.25, 0.3) is 10.9 Å². The lowest BCUT2D eigenvalue weighted by molar-refractivity contribution is -0.142. The van der Waals surface area contributed by atoms with Crippen LogP contribution in [-0.4, -0.2) is 50.0 Å². The number of thioether (sulfide) groups is 1. The van der Waals surface area contributed by atoms with E-state index >= 15 is 0 Å². The normalized spacial score (nSPS) is 12.0. The predicted octanol–water partition coefficient (Wildman–Crippen LogP) is 0.114. The van der Waals surface area contributed by atoms with E-state index in [-0.39, 0.29) is 6.54 Å². The monoisotopic (exact) mass is 336 g/mol. The molecule has 0 saturated carbocycles. The molecule has 1 aromatic heterocycles. The topological polar surface area (TPSA) is 114 Å². The maximum Gasteiger partial charge on any atom is 0.326 e. The van der Waals surface area contributed by atoms with Crippen molar-refractivity contribution in [1.29, 1.82) is 0 Å². The Kier molecular flexibility index (Phi) is 5.69. The average molecular weight is 336 g/mol. The van der Waals surface area contributed by atoms with Gasteiger partial charge >= 0.3 is 5.97 Å². The molecule has 2 rings (SSSR count). The number of hydrogen-bond donors (Lipinski definition) is 2. The zero-order chi connectivity index (χ0) is 16.8. The molecule has 1 heterocycles. The van der Waals surface area contributed by atoms with E-state index in [0.29, 0.717) is 23.1 Å². The van der Waals surface area contributed by atoms with Crippen molar-refractivity contribution in [1.82, 2.24) is 20.3 Å². The number of amides is 1. The highest BCUT2D eigenvalue weighted by Crippen LogP contribution is 2.04. The van der Waals surface area contributed by atoms with Gasteiger partial charge in [0, 0.05) is 0 Å². The van der Waals surface area contributed by atoms with Crippen molar-refractivity contribution >= 4 is 34.5 Å². The smallest absolute Gasteiger partial charge is 0.326 e. The first kappa shape index (κ1) is 16.9. The minimum Gasteiger partial charge on any atom is -0.480 e. The Bertz CT molecular complexity index is 777. The van der Waals surface area contributed by atoms with E-state index < -0.39 is 23.5 Å². The van der Waals surface area contributed by atoms with Crippen molar-refractivity contribution in [3.05, 3.63) is 34.6 Å². The van der Waals surface area contributed by atoms with Gasteiger partial charge in [-0.15, -0.1) is 5.10 Å². The second-order valence-corrected chi connectivity index (χ2v) is 5.79. The van der Waals surface area contributed by atoms with Crippen LogP contribution >= 0.6 is 11.8 Å². The number of nitrogens with one attached hydrogen (secondary N) is 1. The second kappa shape index (κ2) is 7.73. The average Bonchev–Trinajstić information content (AvgIpc) is 2.54. The Balaban J connectivity index is 2.12. The van der Waals surface area contributed by atoms with Gasteiger partial charge in [-0.05, 0) is 30.6 Å². The molecular weight excluding hydrogens is 320 g/mol. The number of hydrogen-bond acceptors (Lipinski definition) is 6. The number of benzene rings is 1. The quantitative estimate of drug-likeness (QED) is 0.738. The maximum atomic E-state index is 12.2. The van der Waals surface area contributed by atoms with E-state index in [0.717, 1.165) is 4.68 Å². The second-order valence-electron chi connectivity index (χ2n) is 4.81. The van der Waals surface area contributed by atoms with Crippen molar-refractivity contribution in [3.63, 3.8) is 0 Å². The maximum absolute atomic E-state index is 12.2. The van der Waals surface area contributed by atoms with Gasteiger partial charge in [-0.1, -0.05) is 17.3 Å². The number of aromatic nitrogens is 3. The molecule has 0 spiro atoms. The Hall–Kier alpha value is -2.42. The van der Waals surface area contributed by atoms with Gasteiger partial charge in [0.05, 0.1) is 5.39 Å². The van der Waals surface area contributed by atoms with Gasteiger partial charge in [0.25, 0.3) is 5.56 Å². The molecule has 0 saturated heterocycles. The molecule has 2 aromatic rings. The number of carboxylic acid groups (broad SMARTS) is 1. The van der Waals surface area contributed by atoms with Crippen LogP contribution in [0.5, 0.6) is 0 Å². The minimum atomic E-state index is -1.11. The van der Waals surface area contributed by atoms with E-state index in [1.807, 2.05) is 6.26 Å². The van der Waals surface area contributed by atoms with E-state index in [9.17, 15) is 14.4 Å². The zero-order valence-electron chi connectivity index (χ0n) is 12.4. The summed E-state index contributed by atoms with van der Waals surface area (Å²) < 4.78 is 0.922. The molecule has 1 aromatic carbocycles. The number of carbonyl (C=O) groups excluding carboxylic acids is 1. The first-order valence-electron chi connectivity index (χ1n) is 6.86. The Morgan fingerprint density at radius 2 is 2.13 bits per heavy atom. The fraction of sp³-hybridized carbons (Fsp3) is 0.357. The summed E-state index contributed by atoms with van der Waals surface area (Å²) in [4.78, 5) is 35.3. The summed E-state index contributed by atoms with van der Waals surface area (Å²) in [5.74, 6) is -1.10. The van der Waals surface area contributed by atoms with Crippen LogP contribution < -0.4 is 10.9 Å². The van der Waals surface area contributed by atoms with Gasteiger partial charge in [-0.2, -0.15) is 11.8 Å². The lowest BCUT2D eigenvalue weighted by atomic mass is 10.2. The first-order chi connectivity index (χ1) is 11.0. The Labute approximate surface area is 135 Å². The highest BCUT2D eigenvalue weighted by molar-refractivity contribution is 7.98. The Morgan fingerprint density at radius 1 is 1.39 bits per heavy atom. The van der Waals surface area contributed by atoms with Crippen LogP contribution in [-0.2, 0) is 16.1 Å². The summed E-state index contributed by atoms with van der Waals surface area (Å²) in [6.07, 6.45) is 2.16. The number of carbonyl (C=O) groups is 2. The van der Waals surface area contributed by atoms with Gasteiger partial charge < -0.3 is 10.4 Å². The summed E-state index contributed by atoms with van der Waals surface area (Å²) in [5.41, 5.74) is -0.000667. The number of nitrogens with zero attached hydrogens (tertiary/aromatic N) is 3. The molecule has 0 unspecified atom stereocenters. The predicted molar refractivity (Wildman–Crippen MR) is 86.4 cm³/mol. The third kappa shape index (κ3) is 4.28. The zero-order valence-corrected chi connectivity index (χ0v) is 13.2. The molecule has 9 heteroatoms.